The molecule has 7 heteroatoms. The zero-order valence-electron chi connectivity index (χ0n) is 15.7. The van der Waals surface area contributed by atoms with E-state index in [1.54, 1.807) is 35.5 Å². The van der Waals surface area contributed by atoms with Crippen LogP contribution in [0.2, 0.25) is 0 Å². The summed E-state index contributed by atoms with van der Waals surface area (Å²) >= 11 is 0. The number of hydrogen-bond donors (Lipinski definition) is 0. The third kappa shape index (κ3) is 3.17. The summed E-state index contributed by atoms with van der Waals surface area (Å²) in [6, 6.07) is 7.18. The van der Waals surface area contributed by atoms with Crippen LogP contribution in [-0.2, 0) is 19.4 Å². The lowest BCUT2D eigenvalue weighted by molar-refractivity contribution is 0.332. The van der Waals surface area contributed by atoms with Gasteiger partial charge in [-0.15, -0.1) is 0 Å². The molecule has 4 heterocycles. The number of hydrogen-bond acceptors (Lipinski definition) is 6. The Morgan fingerprint density at radius 3 is 2.82 bits per heavy atom. The van der Waals surface area contributed by atoms with Crippen molar-refractivity contribution in [2.75, 3.05) is 18.0 Å². The summed E-state index contributed by atoms with van der Waals surface area (Å²) in [6.07, 6.45) is 9.74. The maximum Gasteiger partial charge on any atom is 0.266 e. The average Bonchev–Trinajstić information content (AvgIpc) is 2.72. The van der Waals surface area contributed by atoms with Crippen LogP contribution in [0, 0.1) is 5.92 Å². The predicted octanol–water partition coefficient (Wildman–Crippen LogP) is 2.11. The molecule has 142 valence electrons. The smallest absolute Gasteiger partial charge is 0.266 e. The SMILES string of the molecule is O=c1ccc(-c2cccnc2)nn1CC1CN(c2ncnc3c2CCCC3)C1. The summed E-state index contributed by atoms with van der Waals surface area (Å²) < 4.78 is 1.58. The molecular weight excluding hydrogens is 352 g/mol. The zero-order valence-corrected chi connectivity index (χ0v) is 15.7. The van der Waals surface area contributed by atoms with Gasteiger partial charge >= 0.3 is 0 Å². The average molecular weight is 374 g/mol. The number of pyridine rings is 1. The predicted molar refractivity (Wildman–Crippen MR) is 106 cm³/mol. The van der Waals surface area contributed by atoms with Gasteiger partial charge in [0.05, 0.1) is 12.2 Å². The molecular formula is C21H22N6O. The highest BCUT2D eigenvalue weighted by atomic mass is 16.1. The number of fused-ring (bicyclic) bond motifs is 1. The Morgan fingerprint density at radius 2 is 1.96 bits per heavy atom. The summed E-state index contributed by atoms with van der Waals surface area (Å²) in [5, 5.41) is 4.55. The van der Waals surface area contributed by atoms with Crippen LogP contribution in [-0.4, -0.2) is 37.8 Å². The summed E-state index contributed by atoms with van der Waals surface area (Å²) in [5.74, 6) is 1.48. The van der Waals surface area contributed by atoms with Crippen molar-refractivity contribution in [1.82, 2.24) is 24.7 Å². The second-order valence-corrected chi connectivity index (χ2v) is 7.58. The first-order chi connectivity index (χ1) is 13.8. The Kier molecular flexibility index (Phi) is 4.35. The van der Waals surface area contributed by atoms with Crippen molar-refractivity contribution in [3.8, 4) is 11.3 Å². The van der Waals surface area contributed by atoms with Crippen molar-refractivity contribution in [1.29, 1.82) is 0 Å². The maximum absolute atomic E-state index is 12.3. The van der Waals surface area contributed by atoms with Gasteiger partial charge in [0.2, 0.25) is 0 Å². The molecule has 7 nitrogen and oxygen atoms in total. The van der Waals surface area contributed by atoms with Gasteiger partial charge in [-0.2, -0.15) is 5.10 Å². The van der Waals surface area contributed by atoms with Crippen LogP contribution < -0.4 is 10.5 Å². The van der Waals surface area contributed by atoms with Gasteiger partial charge in [-0.1, -0.05) is 0 Å². The summed E-state index contributed by atoms with van der Waals surface area (Å²) in [4.78, 5) is 27.7. The number of aryl methyl sites for hydroxylation is 1. The Labute approximate surface area is 163 Å². The van der Waals surface area contributed by atoms with Crippen LogP contribution in [0.5, 0.6) is 0 Å². The second kappa shape index (κ2) is 7.14. The van der Waals surface area contributed by atoms with E-state index in [2.05, 4.69) is 25.0 Å². The Morgan fingerprint density at radius 1 is 1.07 bits per heavy atom. The minimum Gasteiger partial charge on any atom is -0.355 e. The van der Waals surface area contributed by atoms with Gasteiger partial charge in [0.15, 0.2) is 0 Å². The molecule has 5 rings (SSSR count). The molecule has 1 fully saturated rings. The molecule has 2 aliphatic rings. The maximum atomic E-state index is 12.3. The molecule has 0 spiro atoms. The molecule has 0 saturated carbocycles. The van der Waals surface area contributed by atoms with Crippen molar-refractivity contribution in [2.24, 2.45) is 5.92 Å². The minimum atomic E-state index is -0.0643. The highest BCUT2D eigenvalue weighted by molar-refractivity contribution is 5.56. The van der Waals surface area contributed by atoms with Crippen molar-refractivity contribution in [2.45, 2.75) is 32.2 Å². The van der Waals surface area contributed by atoms with Crippen LogP contribution in [0.15, 0.2) is 47.8 Å². The highest BCUT2D eigenvalue weighted by Crippen LogP contribution is 2.31. The first-order valence-corrected chi connectivity index (χ1v) is 9.84. The van der Waals surface area contributed by atoms with Gasteiger partial charge in [-0.3, -0.25) is 9.78 Å². The van der Waals surface area contributed by atoms with E-state index in [4.69, 9.17) is 0 Å². The van der Waals surface area contributed by atoms with E-state index < -0.39 is 0 Å². The molecule has 0 N–H and O–H groups in total. The molecule has 3 aromatic heterocycles. The summed E-state index contributed by atoms with van der Waals surface area (Å²) in [7, 11) is 0. The van der Waals surface area contributed by atoms with E-state index in [-0.39, 0.29) is 5.56 Å². The first kappa shape index (κ1) is 17.0. The molecule has 0 atom stereocenters. The fraction of sp³-hybridized carbons (Fsp3) is 0.381. The number of aromatic nitrogens is 5. The molecule has 1 saturated heterocycles. The largest absolute Gasteiger partial charge is 0.355 e. The van der Waals surface area contributed by atoms with Gasteiger partial charge in [-0.05, 0) is 43.9 Å². The molecule has 1 aliphatic carbocycles. The minimum absolute atomic E-state index is 0.0643. The Bertz CT molecular complexity index is 1040. The zero-order chi connectivity index (χ0) is 18.9. The quantitative estimate of drug-likeness (QED) is 0.696. The van der Waals surface area contributed by atoms with Crippen LogP contribution in [0.25, 0.3) is 11.3 Å². The van der Waals surface area contributed by atoms with Gasteiger partial charge in [0, 0.05) is 54.3 Å². The highest BCUT2D eigenvalue weighted by Gasteiger charge is 2.31. The van der Waals surface area contributed by atoms with Crippen molar-refractivity contribution in [3.63, 3.8) is 0 Å². The van der Waals surface area contributed by atoms with Crippen LogP contribution in [0.3, 0.4) is 0 Å². The molecule has 0 amide bonds. The fourth-order valence-corrected chi connectivity index (χ4v) is 4.13. The van der Waals surface area contributed by atoms with Gasteiger partial charge < -0.3 is 4.90 Å². The van der Waals surface area contributed by atoms with Crippen molar-refractivity contribution < 1.29 is 0 Å². The van der Waals surface area contributed by atoms with E-state index in [1.165, 1.54) is 24.1 Å². The van der Waals surface area contributed by atoms with E-state index >= 15 is 0 Å². The van der Waals surface area contributed by atoms with Crippen LogP contribution >= 0.6 is 0 Å². The first-order valence-electron chi connectivity index (χ1n) is 9.84. The standard InChI is InChI=1S/C21H22N6O/c28-20-8-7-18(16-4-3-9-22-10-16)25-27(20)13-15-11-26(12-15)21-17-5-1-2-6-19(17)23-14-24-21/h3-4,7-10,14-15H,1-2,5-6,11-13H2. The van der Waals surface area contributed by atoms with E-state index in [9.17, 15) is 4.79 Å². The number of nitrogens with zero attached hydrogens (tertiary/aromatic N) is 6. The monoisotopic (exact) mass is 374 g/mol. The lowest BCUT2D eigenvalue weighted by Gasteiger charge is -2.41. The topological polar surface area (TPSA) is 76.8 Å². The normalized spacial score (nSPS) is 16.5. The summed E-state index contributed by atoms with van der Waals surface area (Å²) in [5.41, 5.74) is 4.15. The Hall–Kier alpha value is -3.09. The van der Waals surface area contributed by atoms with Crippen LogP contribution in [0.4, 0.5) is 5.82 Å². The number of anilines is 1. The van der Waals surface area contributed by atoms with E-state index in [0.717, 1.165) is 43.0 Å². The Balaban J connectivity index is 1.30. The lowest BCUT2D eigenvalue weighted by Crippen LogP contribution is -2.50. The third-order valence-corrected chi connectivity index (χ3v) is 5.61. The van der Waals surface area contributed by atoms with Crippen molar-refractivity contribution in [3.05, 3.63) is 64.6 Å². The lowest BCUT2D eigenvalue weighted by atomic mass is 9.93. The molecule has 0 bridgehead atoms. The second-order valence-electron chi connectivity index (χ2n) is 7.58. The fourth-order valence-electron chi connectivity index (χ4n) is 4.13. The molecule has 3 aromatic rings. The third-order valence-electron chi connectivity index (χ3n) is 5.61. The van der Waals surface area contributed by atoms with E-state index in [1.807, 2.05) is 12.1 Å². The van der Waals surface area contributed by atoms with Gasteiger partial charge in [-0.25, -0.2) is 14.6 Å². The molecule has 1 aliphatic heterocycles. The molecule has 0 radical (unpaired) electrons. The molecule has 28 heavy (non-hydrogen) atoms. The van der Waals surface area contributed by atoms with Gasteiger partial charge in [0.25, 0.3) is 5.56 Å². The molecule has 0 unspecified atom stereocenters. The van der Waals surface area contributed by atoms with Crippen molar-refractivity contribution >= 4 is 5.82 Å². The van der Waals surface area contributed by atoms with Crippen LogP contribution in [0.1, 0.15) is 24.1 Å². The molecule has 0 aromatic carbocycles. The van der Waals surface area contributed by atoms with E-state index in [0.29, 0.717) is 12.5 Å². The summed E-state index contributed by atoms with van der Waals surface area (Å²) in [6.45, 7) is 2.42. The number of rotatable bonds is 4. The van der Waals surface area contributed by atoms with Gasteiger partial charge in [0.1, 0.15) is 12.1 Å².